The van der Waals surface area contributed by atoms with Gasteiger partial charge in [0.2, 0.25) is 11.8 Å². The Morgan fingerprint density at radius 2 is 1.96 bits per heavy atom. The smallest absolute Gasteiger partial charge is 0.247 e. The van der Waals surface area contributed by atoms with Gasteiger partial charge in [0.05, 0.1) is 5.92 Å². The Hall–Kier alpha value is -2.60. The van der Waals surface area contributed by atoms with Crippen molar-refractivity contribution in [3.05, 3.63) is 66.1 Å². The largest absolute Gasteiger partial charge is 0.420 e. The lowest BCUT2D eigenvalue weighted by Crippen LogP contribution is -2.20. The van der Waals surface area contributed by atoms with Crippen LogP contribution in [0, 0.1) is 5.82 Å². The molecule has 6 heteroatoms. The van der Waals surface area contributed by atoms with Crippen LogP contribution in [-0.2, 0) is 6.54 Å². The highest BCUT2D eigenvalue weighted by Gasteiger charge is 2.28. The van der Waals surface area contributed by atoms with Crippen molar-refractivity contribution >= 4 is 0 Å². The number of pyridine rings is 1. The summed E-state index contributed by atoms with van der Waals surface area (Å²) in [5.74, 6) is 1.20. The van der Waals surface area contributed by atoms with Gasteiger partial charge in [0.1, 0.15) is 5.82 Å². The summed E-state index contributed by atoms with van der Waals surface area (Å²) in [6.07, 6.45) is 4.34. The van der Waals surface area contributed by atoms with E-state index in [1.165, 1.54) is 6.07 Å². The summed E-state index contributed by atoms with van der Waals surface area (Å²) in [7, 11) is 0. The zero-order valence-electron chi connectivity index (χ0n) is 13.1. The molecule has 122 valence electrons. The number of hydrogen-bond acceptors (Lipinski definition) is 5. The average Bonchev–Trinajstić information content (AvgIpc) is 3.27. The summed E-state index contributed by atoms with van der Waals surface area (Å²) in [6, 6.07) is 10.6. The maximum absolute atomic E-state index is 13.8. The molecule has 1 aliphatic rings. The van der Waals surface area contributed by atoms with Crippen LogP contribution < -0.4 is 0 Å². The van der Waals surface area contributed by atoms with Crippen LogP contribution in [0.3, 0.4) is 0 Å². The van der Waals surface area contributed by atoms with Gasteiger partial charge < -0.3 is 4.42 Å². The van der Waals surface area contributed by atoms with Crippen LogP contribution >= 0.6 is 0 Å². The minimum absolute atomic E-state index is 0.154. The topological polar surface area (TPSA) is 55.1 Å². The monoisotopic (exact) mass is 324 g/mol. The highest BCUT2D eigenvalue weighted by atomic mass is 19.1. The fourth-order valence-electron chi connectivity index (χ4n) is 3.06. The number of nitrogens with zero attached hydrogens (tertiary/aromatic N) is 4. The molecule has 4 rings (SSSR count). The second kappa shape index (κ2) is 6.49. The van der Waals surface area contributed by atoms with Crippen molar-refractivity contribution in [3.8, 4) is 11.5 Å². The van der Waals surface area contributed by atoms with Crippen molar-refractivity contribution in [1.82, 2.24) is 20.1 Å². The van der Waals surface area contributed by atoms with E-state index in [2.05, 4.69) is 20.1 Å². The normalized spacial score (nSPS) is 18.1. The first-order valence-corrected chi connectivity index (χ1v) is 7.99. The van der Waals surface area contributed by atoms with Gasteiger partial charge in [-0.25, -0.2) is 4.39 Å². The van der Waals surface area contributed by atoms with Crippen LogP contribution in [0.1, 0.15) is 23.8 Å². The molecule has 5 nitrogen and oxygen atoms in total. The molecule has 2 aromatic heterocycles. The lowest BCUT2D eigenvalue weighted by atomic mass is 10.1. The predicted molar refractivity (Wildman–Crippen MR) is 86.6 cm³/mol. The third-order valence-electron chi connectivity index (χ3n) is 4.34. The summed E-state index contributed by atoms with van der Waals surface area (Å²) in [5.41, 5.74) is 1.59. The summed E-state index contributed by atoms with van der Waals surface area (Å²) in [5, 5.41) is 8.33. The fraction of sp³-hybridized carbons (Fsp3) is 0.278. The average molecular weight is 324 g/mol. The number of halogens is 1. The van der Waals surface area contributed by atoms with Gasteiger partial charge in [-0.2, -0.15) is 0 Å². The molecule has 1 aromatic carbocycles. The molecule has 0 bridgehead atoms. The third-order valence-corrected chi connectivity index (χ3v) is 4.34. The number of hydrogen-bond donors (Lipinski definition) is 0. The summed E-state index contributed by atoms with van der Waals surface area (Å²) in [4.78, 5) is 6.21. The van der Waals surface area contributed by atoms with Gasteiger partial charge in [-0.3, -0.25) is 9.88 Å². The molecular formula is C18H17FN4O. The number of likely N-dealkylation sites (tertiary alicyclic amines) is 1. The molecule has 0 saturated carbocycles. The number of benzene rings is 1. The Balaban J connectivity index is 1.44. The van der Waals surface area contributed by atoms with E-state index in [-0.39, 0.29) is 11.7 Å². The molecule has 0 aliphatic carbocycles. The van der Waals surface area contributed by atoms with Crippen LogP contribution in [0.25, 0.3) is 11.5 Å². The quantitative estimate of drug-likeness (QED) is 0.737. The highest BCUT2D eigenvalue weighted by molar-refractivity contribution is 5.50. The van der Waals surface area contributed by atoms with Gasteiger partial charge in [0, 0.05) is 36.6 Å². The van der Waals surface area contributed by atoms with Crippen LogP contribution in [0.15, 0.2) is 53.2 Å². The van der Waals surface area contributed by atoms with Gasteiger partial charge in [0.15, 0.2) is 0 Å². The van der Waals surface area contributed by atoms with E-state index in [1.807, 2.05) is 24.3 Å². The molecule has 1 atom stereocenters. The number of rotatable bonds is 4. The van der Waals surface area contributed by atoms with Crippen molar-refractivity contribution in [1.29, 1.82) is 0 Å². The third kappa shape index (κ3) is 3.05. The van der Waals surface area contributed by atoms with Gasteiger partial charge in [-0.15, -0.1) is 10.2 Å². The molecule has 0 unspecified atom stereocenters. The Morgan fingerprint density at radius 1 is 1.12 bits per heavy atom. The lowest BCUT2D eigenvalue weighted by Gasteiger charge is -2.15. The van der Waals surface area contributed by atoms with E-state index in [4.69, 9.17) is 4.42 Å². The molecule has 0 N–H and O–H groups in total. The van der Waals surface area contributed by atoms with Crippen LogP contribution in [0.5, 0.6) is 0 Å². The van der Waals surface area contributed by atoms with Crippen LogP contribution in [-0.4, -0.2) is 33.2 Å². The first-order chi connectivity index (χ1) is 11.8. The summed E-state index contributed by atoms with van der Waals surface area (Å²) >= 11 is 0. The zero-order valence-corrected chi connectivity index (χ0v) is 13.1. The second-order valence-corrected chi connectivity index (χ2v) is 5.99. The van der Waals surface area contributed by atoms with Gasteiger partial charge in [-0.05, 0) is 31.2 Å². The molecule has 0 spiro atoms. The second-order valence-electron chi connectivity index (χ2n) is 5.99. The van der Waals surface area contributed by atoms with E-state index in [0.29, 0.717) is 18.3 Å². The minimum Gasteiger partial charge on any atom is -0.420 e. The first-order valence-electron chi connectivity index (χ1n) is 7.99. The Kier molecular flexibility index (Phi) is 4.04. The van der Waals surface area contributed by atoms with E-state index >= 15 is 0 Å². The van der Waals surface area contributed by atoms with Gasteiger partial charge >= 0.3 is 0 Å². The van der Waals surface area contributed by atoms with E-state index in [1.54, 1.807) is 18.5 Å². The van der Waals surface area contributed by atoms with Crippen molar-refractivity contribution in [2.75, 3.05) is 13.1 Å². The molecule has 0 radical (unpaired) electrons. The maximum Gasteiger partial charge on any atom is 0.247 e. The standard InChI is InChI=1S/C18H17FN4O/c19-16-4-2-1-3-14(16)11-23-10-7-15(12-23)18-22-21-17(24-18)13-5-8-20-9-6-13/h1-6,8-9,15H,7,10-12H2/t15-/m0/s1. The van der Waals surface area contributed by atoms with Crippen molar-refractivity contribution in [2.24, 2.45) is 0 Å². The summed E-state index contributed by atoms with van der Waals surface area (Å²) < 4.78 is 19.6. The maximum atomic E-state index is 13.8. The molecule has 24 heavy (non-hydrogen) atoms. The van der Waals surface area contributed by atoms with E-state index in [0.717, 1.165) is 30.6 Å². The SMILES string of the molecule is Fc1ccccc1CN1CC[C@H](c2nnc(-c3ccncc3)o2)C1. The molecule has 1 saturated heterocycles. The van der Waals surface area contributed by atoms with Crippen molar-refractivity contribution in [3.63, 3.8) is 0 Å². The van der Waals surface area contributed by atoms with E-state index < -0.39 is 0 Å². The molecule has 1 fully saturated rings. The lowest BCUT2D eigenvalue weighted by molar-refractivity contribution is 0.315. The van der Waals surface area contributed by atoms with Gasteiger partial charge in [0.25, 0.3) is 0 Å². The minimum atomic E-state index is -0.154. The predicted octanol–water partition coefficient (Wildman–Crippen LogP) is 3.26. The molecule has 1 aliphatic heterocycles. The molecule has 3 heterocycles. The highest BCUT2D eigenvalue weighted by Crippen LogP contribution is 2.29. The first kappa shape index (κ1) is 15.0. The Bertz CT molecular complexity index is 821. The van der Waals surface area contributed by atoms with Crippen molar-refractivity contribution < 1.29 is 8.81 Å². The molecule has 0 amide bonds. The van der Waals surface area contributed by atoms with E-state index in [9.17, 15) is 4.39 Å². The molecular weight excluding hydrogens is 307 g/mol. The summed E-state index contributed by atoms with van der Waals surface area (Å²) in [6.45, 7) is 2.30. The Morgan fingerprint density at radius 3 is 2.79 bits per heavy atom. The Labute approximate surface area is 139 Å². The van der Waals surface area contributed by atoms with Crippen LogP contribution in [0.2, 0.25) is 0 Å². The van der Waals surface area contributed by atoms with Crippen molar-refractivity contribution in [2.45, 2.75) is 18.9 Å². The fourth-order valence-corrected chi connectivity index (χ4v) is 3.06. The van der Waals surface area contributed by atoms with Gasteiger partial charge in [-0.1, -0.05) is 18.2 Å². The zero-order chi connectivity index (χ0) is 16.4. The van der Waals surface area contributed by atoms with Crippen LogP contribution in [0.4, 0.5) is 4.39 Å². The number of aromatic nitrogens is 3. The molecule has 3 aromatic rings.